The van der Waals surface area contributed by atoms with Crippen LogP contribution in [0.4, 0.5) is 0 Å². The van der Waals surface area contributed by atoms with E-state index < -0.39 is 12.0 Å². The van der Waals surface area contributed by atoms with Gasteiger partial charge < -0.3 is 19.9 Å². The van der Waals surface area contributed by atoms with Crippen LogP contribution in [0.15, 0.2) is 42.5 Å². The van der Waals surface area contributed by atoms with E-state index in [4.69, 9.17) is 32.7 Å². The molecule has 0 saturated carbocycles. The molecule has 0 aliphatic rings. The monoisotopic (exact) mass is 369 g/mol. The van der Waals surface area contributed by atoms with Crippen molar-refractivity contribution in [1.29, 1.82) is 0 Å². The van der Waals surface area contributed by atoms with Crippen LogP contribution in [0.1, 0.15) is 10.4 Å². The van der Waals surface area contributed by atoms with Gasteiger partial charge in [0.05, 0.1) is 17.7 Å². The summed E-state index contributed by atoms with van der Waals surface area (Å²) < 4.78 is 10.7. The second kappa shape index (κ2) is 8.78. The van der Waals surface area contributed by atoms with Crippen LogP contribution in [0.3, 0.4) is 0 Å². The number of rotatable bonds is 7. The minimum absolute atomic E-state index is 0.00893. The van der Waals surface area contributed by atoms with E-state index in [0.29, 0.717) is 22.1 Å². The maximum atomic E-state index is 12.0. The van der Waals surface area contributed by atoms with Gasteiger partial charge >= 0.3 is 0 Å². The first-order valence-corrected chi connectivity index (χ1v) is 7.94. The predicted octanol–water partition coefficient (Wildman–Crippen LogP) is 3.17. The molecule has 0 bridgehead atoms. The summed E-state index contributed by atoms with van der Waals surface area (Å²) in [5, 5.41) is 13.2. The molecule has 0 unspecified atom stereocenters. The van der Waals surface area contributed by atoms with Gasteiger partial charge in [0, 0.05) is 11.6 Å². The standard InChI is InChI=1S/C17H17Cl2NO4/c1-23-15-4-2-3-5-16(15)24-10-12(21)9-20-17(22)13-7-6-11(18)8-14(13)19/h2-8,12,21H,9-10H2,1H3,(H,20,22)/t12-/m1/s1. The highest BCUT2D eigenvalue weighted by Gasteiger charge is 2.13. The lowest BCUT2D eigenvalue weighted by atomic mass is 10.2. The summed E-state index contributed by atoms with van der Waals surface area (Å²) in [4.78, 5) is 12.0. The van der Waals surface area contributed by atoms with Gasteiger partial charge in [0.2, 0.25) is 0 Å². The zero-order valence-electron chi connectivity index (χ0n) is 13.0. The maximum Gasteiger partial charge on any atom is 0.252 e. The summed E-state index contributed by atoms with van der Waals surface area (Å²) in [7, 11) is 1.54. The topological polar surface area (TPSA) is 67.8 Å². The molecule has 24 heavy (non-hydrogen) atoms. The van der Waals surface area contributed by atoms with Crippen LogP contribution in [-0.4, -0.2) is 37.4 Å². The highest BCUT2D eigenvalue weighted by molar-refractivity contribution is 6.36. The second-order valence-electron chi connectivity index (χ2n) is 4.95. The van der Waals surface area contributed by atoms with E-state index >= 15 is 0 Å². The van der Waals surface area contributed by atoms with E-state index in [9.17, 15) is 9.90 Å². The molecular formula is C17H17Cl2NO4. The minimum Gasteiger partial charge on any atom is -0.493 e. The number of hydrogen-bond acceptors (Lipinski definition) is 4. The Morgan fingerprint density at radius 1 is 1.21 bits per heavy atom. The highest BCUT2D eigenvalue weighted by Crippen LogP contribution is 2.25. The quantitative estimate of drug-likeness (QED) is 0.786. The molecular weight excluding hydrogens is 353 g/mol. The molecule has 2 aromatic rings. The zero-order chi connectivity index (χ0) is 17.5. The fourth-order valence-electron chi connectivity index (χ4n) is 1.96. The summed E-state index contributed by atoms with van der Waals surface area (Å²) in [6.07, 6.45) is -0.884. The van der Waals surface area contributed by atoms with Gasteiger partial charge in [-0.15, -0.1) is 0 Å². The van der Waals surface area contributed by atoms with Crippen molar-refractivity contribution >= 4 is 29.1 Å². The molecule has 0 spiro atoms. The minimum atomic E-state index is -0.884. The molecule has 0 fully saturated rings. The van der Waals surface area contributed by atoms with Crippen molar-refractivity contribution in [2.45, 2.75) is 6.10 Å². The van der Waals surface area contributed by atoms with Crippen molar-refractivity contribution in [3.05, 3.63) is 58.1 Å². The van der Waals surface area contributed by atoms with Crippen LogP contribution in [0.2, 0.25) is 10.0 Å². The Morgan fingerprint density at radius 2 is 1.92 bits per heavy atom. The number of para-hydroxylation sites is 2. The van der Waals surface area contributed by atoms with Crippen molar-refractivity contribution in [2.75, 3.05) is 20.3 Å². The summed E-state index contributed by atoms with van der Waals surface area (Å²) in [6, 6.07) is 11.7. The lowest BCUT2D eigenvalue weighted by molar-refractivity contribution is 0.0839. The molecule has 0 heterocycles. The number of methoxy groups -OCH3 is 1. The summed E-state index contributed by atoms with van der Waals surface area (Å²) in [5.41, 5.74) is 0.291. The Hall–Kier alpha value is -1.95. The van der Waals surface area contributed by atoms with E-state index in [1.807, 2.05) is 6.07 Å². The molecule has 0 aliphatic heterocycles. The number of carbonyl (C=O) groups is 1. The molecule has 7 heteroatoms. The first kappa shape index (κ1) is 18.4. The molecule has 5 nitrogen and oxygen atoms in total. The van der Waals surface area contributed by atoms with Crippen LogP contribution >= 0.6 is 23.2 Å². The third-order valence-corrected chi connectivity index (χ3v) is 3.72. The van der Waals surface area contributed by atoms with Crippen LogP contribution in [0.25, 0.3) is 0 Å². The molecule has 2 aromatic carbocycles. The van der Waals surface area contributed by atoms with Gasteiger partial charge in [-0.3, -0.25) is 4.79 Å². The molecule has 0 saturated heterocycles. The number of amides is 1. The fourth-order valence-corrected chi connectivity index (χ4v) is 2.46. The van der Waals surface area contributed by atoms with Crippen molar-refractivity contribution in [3.63, 3.8) is 0 Å². The van der Waals surface area contributed by atoms with Gasteiger partial charge in [0.15, 0.2) is 11.5 Å². The first-order chi connectivity index (χ1) is 11.5. The molecule has 2 N–H and O–H groups in total. The Bertz CT molecular complexity index is 709. The lowest BCUT2D eigenvalue weighted by Crippen LogP contribution is -2.35. The number of aliphatic hydroxyl groups excluding tert-OH is 1. The molecule has 0 aliphatic carbocycles. The van der Waals surface area contributed by atoms with E-state index in [2.05, 4.69) is 5.32 Å². The summed E-state index contributed by atoms with van der Waals surface area (Å²) in [5.74, 6) is 0.695. The molecule has 2 rings (SSSR count). The molecule has 1 amide bonds. The number of benzene rings is 2. The Balaban J connectivity index is 1.84. The van der Waals surface area contributed by atoms with Gasteiger partial charge in [0.1, 0.15) is 12.7 Å². The largest absolute Gasteiger partial charge is 0.493 e. The van der Waals surface area contributed by atoms with Crippen molar-refractivity contribution in [3.8, 4) is 11.5 Å². The highest BCUT2D eigenvalue weighted by atomic mass is 35.5. The van der Waals surface area contributed by atoms with Crippen LogP contribution in [-0.2, 0) is 0 Å². The smallest absolute Gasteiger partial charge is 0.252 e. The van der Waals surface area contributed by atoms with E-state index in [0.717, 1.165) is 0 Å². The molecule has 128 valence electrons. The van der Waals surface area contributed by atoms with Crippen molar-refractivity contribution in [2.24, 2.45) is 0 Å². The maximum absolute atomic E-state index is 12.0. The van der Waals surface area contributed by atoms with Crippen molar-refractivity contribution < 1.29 is 19.4 Å². The number of aliphatic hydroxyl groups is 1. The van der Waals surface area contributed by atoms with Crippen LogP contribution in [0, 0.1) is 0 Å². The third kappa shape index (κ3) is 5.03. The normalized spacial score (nSPS) is 11.7. The average Bonchev–Trinajstić information content (AvgIpc) is 2.58. The molecule has 1 atom stereocenters. The Labute approximate surface area is 150 Å². The van der Waals surface area contributed by atoms with E-state index in [-0.39, 0.29) is 18.2 Å². The van der Waals surface area contributed by atoms with E-state index in [1.165, 1.54) is 19.2 Å². The van der Waals surface area contributed by atoms with Gasteiger partial charge in [-0.25, -0.2) is 0 Å². The molecule has 0 radical (unpaired) electrons. The average molecular weight is 370 g/mol. The zero-order valence-corrected chi connectivity index (χ0v) is 14.5. The third-order valence-electron chi connectivity index (χ3n) is 3.17. The van der Waals surface area contributed by atoms with Gasteiger partial charge in [-0.05, 0) is 30.3 Å². The summed E-state index contributed by atoms with van der Waals surface area (Å²) in [6.45, 7) is 0.0297. The first-order valence-electron chi connectivity index (χ1n) is 7.18. The van der Waals surface area contributed by atoms with Gasteiger partial charge in [-0.2, -0.15) is 0 Å². The Kier molecular flexibility index (Phi) is 6.73. The van der Waals surface area contributed by atoms with Crippen LogP contribution < -0.4 is 14.8 Å². The predicted molar refractivity (Wildman–Crippen MR) is 93.3 cm³/mol. The Morgan fingerprint density at radius 3 is 2.58 bits per heavy atom. The van der Waals surface area contributed by atoms with Crippen LogP contribution in [0.5, 0.6) is 11.5 Å². The van der Waals surface area contributed by atoms with Gasteiger partial charge in [0.25, 0.3) is 5.91 Å². The fraction of sp³-hybridized carbons (Fsp3) is 0.235. The van der Waals surface area contributed by atoms with E-state index in [1.54, 1.807) is 24.3 Å². The van der Waals surface area contributed by atoms with Crippen molar-refractivity contribution in [1.82, 2.24) is 5.32 Å². The second-order valence-corrected chi connectivity index (χ2v) is 5.79. The summed E-state index contributed by atoms with van der Waals surface area (Å²) >= 11 is 11.8. The number of halogens is 2. The number of hydrogen-bond donors (Lipinski definition) is 2. The lowest BCUT2D eigenvalue weighted by Gasteiger charge is -2.15. The number of nitrogens with one attached hydrogen (secondary N) is 1. The number of ether oxygens (including phenoxy) is 2. The SMILES string of the molecule is COc1ccccc1OC[C@H](O)CNC(=O)c1ccc(Cl)cc1Cl. The molecule has 0 aromatic heterocycles. The van der Waals surface area contributed by atoms with Gasteiger partial charge in [-0.1, -0.05) is 35.3 Å². The number of carbonyl (C=O) groups excluding carboxylic acids is 1.